The maximum absolute atomic E-state index is 13.7. The largest absolute Gasteiger partial charge is 0.319 e. The summed E-state index contributed by atoms with van der Waals surface area (Å²) in [5.41, 5.74) is 5.88. The van der Waals surface area contributed by atoms with Gasteiger partial charge in [0.25, 0.3) is 5.91 Å². The van der Waals surface area contributed by atoms with E-state index in [1.54, 1.807) is 11.3 Å². The number of thiazole rings is 1. The van der Waals surface area contributed by atoms with Crippen LogP contribution < -0.4 is 4.80 Å². The molecule has 0 radical (unpaired) electrons. The van der Waals surface area contributed by atoms with Gasteiger partial charge in [0.2, 0.25) is 0 Å². The first kappa shape index (κ1) is 21.1. The van der Waals surface area contributed by atoms with Gasteiger partial charge < -0.3 is 4.57 Å². The highest BCUT2D eigenvalue weighted by Gasteiger charge is 2.54. The molecule has 0 atom stereocenters. The van der Waals surface area contributed by atoms with E-state index < -0.39 is 0 Å². The van der Waals surface area contributed by atoms with Gasteiger partial charge in [-0.25, -0.2) is 0 Å². The van der Waals surface area contributed by atoms with Gasteiger partial charge in [-0.2, -0.15) is 4.99 Å². The smallest absolute Gasteiger partial charge is 0.254 e. The Morgan fingerprint density at radius 2 is 1.55 bits per heavy atom. The monoisotopic (exact) mass is 456 g/mol. The summed E-state index contributed by atoms with van der Waals surface area (Å²) in [6.07, 6.45) is 7.21. The van der Waals surface area contributed by atoms with E-state index in [2.05, 4.69) is 74.0 Å². The van der Waals surface area contributed by atoms with Crippen LogP contribution in [0.15, 0.2) is 53.5 Å². The molecular weight excluding hydrogens is 424 g/mol. The molecule has 0 spiro atoms. The van der Waals surface area contributed by atoms with Gasteiger partial charge in [-0.05, 0) is 98.4 Å². The molecule has 4 heteroatoms. The lowest BCUT2D eigenvalue weighted by Gasteiger charge is -2.55. The van der Waals surface area contributed by atoms with Gasteiger partial charge >= 0.3 is 0 Å². The molecule has 1 amide bonds. The minimum absolute atomic E-state index is 0.143. The quantitative estimate of drug-likeness (QED) is 0.433. The third kappa shape index (κ3) is 3.54. The Morgan fingerprint density at radius 3 is 2.15 bits per heavy atom. The highest BCUT2D eigenvalue weighted by Crippen LogP contribution is 2.60. The van der Waals surface area contributed by atoms with Crippen molar-refractivity contribution in [3.8, 4) is 21.7 Å². The van der Waals surface area contributed by atoms with Gasteiger partial charge in [0, 0.05) is 7.05 Å². The molecule has 3 nitrogen and oxygen atoms in total. The lowest BCUT2D eigenvalue weighted by atomic mass is 9.49. The fraction of sp³-hybridized carbons (Fsp3) is 0.448. The lowest BCUT2D eigenvalue weighted by Crippen LogP contribution is -2.49. The van der Waals surface area contributed by atoms with Gasteiger partial charge in [0.15, 0.2) is 4.80 Å². The van der Waals surface area contributed by atoms with Crippen LogP contribution in [-0.4, -0.2) is 10.5 Å². The number of hydrogen-bond donors (Lipinski definition) is 0. The van der Waals surface area contributed by atoms with Gasteiger partial charge in [-0.15, -0.1) is 0 Å². The molecule has 7 rings (SSSR count). The summed E-state index contributed by atoms with van der Waals surface area (Å²) < 4.78 is 2.15. The van der Waals surface area contributed by atoms with Crippen LogP contribution in [0.1, 0.15) is 49.7 Å². The lowest BCUT2D eigenvalue weighted by molar-refractivity contribution is -0.142. The summed E-state index contributed by atoms with van der Waals surface area (Å²) in [6, 6.07) is 17.2. The van der Waals surface area contributed by atoms with Crippen LogP contribution in [-0.2, 0) is 11.8 Å². The Balaban J connectivity index is 1.48. The van der Waals surface area contributed by atoms with E-state index in [1.165, 1.54) is 46.4 Å². The number of aromatic nitrogens is 1. The summed E-state index contributed by atoms with van der Waals surface area (Å²) >= 11 is 1.65. The molecule has 4 fully saturated rings. The molecular formula is C29H32N2OS. The minimum atomic E-state index is -0.195. The molecule has 2 aromatic carbocycles. The van der Waals surface area contributed by atoms with Crippen molar-refractivity contribution in [1.29, 1.82) is 0 Å². The van der Waals surface area contributed by atoms with Gasteiger partial charge in [-0.1, -0.05) is 53.8 Å². The first-order chi connectivity index (χ1) is 15.9. The number of benzene rings is 2. The van der Waals surface area contributed by atoms with Crippen molar-refractivity contribution in [2.75, 3.05) is 0 Å². The Hall–Kier alpha value is -2.46. The zero-order chi connectivity index (χ0) is 22.7. The molecule has 33 heavy (non-hydrogen) atoms. The molecule has 1 aromatic heterocycles. The topological polar surface area (TPSA) is 34.4 Å². The fourth-order valence-corrected chi connectivity index (χ4v) is 8.28. The van der Waals surface area contributed by atoms with Crippen LogP contribution in [0, 0.1) is 37.0 Å². The van der Waals surface area contributed by atoms with Gasteiger partial charge in [-0.3, -0.25) is 4.79 Å². The van der Waals surface area contributed by atoms with Crippen molar-refractivity contribution in [3.63, 3.8) is 0 Å². The van der Waals surface area contributed by atoms with Crippen LogP contribution in [0.5, 0.6) is 0 Å². The molecule has 4 aliphatic carbocycles. The highest BCUT2D eigenvalue weighted by atomic mass is 32.1. The Bertz CT molecular complexity index is 1260. The second-order valence-corrected chi connectivity index (χ2v) is 11.9. The number of carbonyl (C=O) groups is 1. The molecule has 170 valence electrons. The van der Waals surface area contributed by atoms with Crippen molar-refractivity contribution in [1.82, 2.24) is 4.57 Å². The van der Waals surface area contributed by atoms with E-state index in [0.717, 1.165) is 47.5 Å². The third-order valence-corrected chi connectivity index (χ3v) is 9.72. The van der Waals surface area contributed by atoms with E-state index >= 15 is 0 Å². The van der Waals surface area contributed by atoms with Crippen LogP contribution in [0.3, 0.4) is 0 Å². The Kier molecular flexibility index (Phi) is 4.99. The van der Waals surface area contributed by atoms with E-state index in [1.807, 2.05) is 0 Å². The first-order valence-electron chi connectivity index (χ1n) is 12.3. The van der Waals surface area contributed by atoms with Crippen molar-refractivity contribution >= 4 is 17.2 Å². The summed E-state index contributed by atoms with van der Waals surface area (Å²) in [6.45, 7) is 4.31. The SMILES string of the molecule is Cc1ccc(-c2c(-c3ccccc3)sc(=NC(=O)C34CC5CC(CC(C5)C3)C4)n2C)cc1C. The number of rotatable bonds is 3. The summed E-state index contributed by atoms with van der Waals surface area (Å²) in [5.74, 6) is 2.39. The summed E-state index contributed by atoms with van der Waals surface area (Å²) in [5, 5.41) is 0. The normalized spacial score (nSPS) is 28.5. The third-order valence-electron chi connectivity index (χ3n) is 8.54. The van der Waals surface area contributed by atoms with Crippen LogP contribution in [0.25, 0.3) is 21.7 Å². The number of nitrogens with zero attached hydrogens (tertiary/aromatic N) is 2. The predicted molar refractivity (Wildman–Crippen MR) is 135 cm³/mol. The van der Waals surface area contributed by atoms with Gasteiger partial charge in [0.05, 0.1) is 16.0 Å². The zero-order valence-corrected chi connectivity index (χ0v) is 20.6. The average molecular weight is 457 g/mol. The fourth-order valence-electron chi connectivity index (χ4n) is 7.13. The zero-order valence-electron chi connectivity index (χ0n) is 19.8. The number of aryl methyl sites for hydroxylation is 2. The van der Waals surface area contributed by atoms with Gasteiger partial charge in [0.1, 0.15) is 0 Å². The Labute approximate surface area is 200 Å². The second-order valence-electron chi connectivity index (χ2n) is 10.9. The summed E-state index contributed by atoms with van der Waals surface area (Å²) in [4.78, 5) is 20.6. The molecule has 4 aliphatic rings. The number of hydrogen-bond acceptors (Lipinski definition) is 2. The standard InChI is InChI=1S/C29H32N2OS/c1-18-9-10-24(11-19(18)2)25-26(23-7-5-4-6-8-23)33-28(31(25)3)30-27(32)29-15-20-12-21(16-29)14-22(13-20)17-29/h4-11,20-22H,12-17H2,1-3H3. The average Bonchev–Trinajstić information content (AvgIpc) is 3.11. The maximum Gasteiger partial charge on any atom is 0.254 e. The number of amides is 1. The van der Waals surface area contributed by atoms with E-state index in [0.29, 0.717) is 0 Å². The molecule has 3 aromatic rings. The molecule has 0 saturated heterocycles. The minimum Gasteiger partial charge on any atom is -0.319 e. The molecule has 0 unspecified atom stereocenters. The number of carbonyl (C=O) groups excluding carboxylic acids is 1. The summed E-state index contributed by atoms with van der Waals surface area (Å²) in [7, 11) is 2.07. The van der Waals surface area contributed by atoms with Crippen molar-refractivity contribution in [2.45, 2.75) is 52.4 Å². The van der Waals surface area contributed by atoms with Crippen molar-refractivity contribution in [3.05, 3.63) is 64.5 Å². The molecule has 0 aliphatic heterocycles. The second kappa shape index (κ2) is 7.80. The molecule has 0 N–H and O–H groups in total. The maximum atomic E-state index is 13.7. The Morgan fingerprint density at radius 1 is 0.909 bits per heavy atom. The molecule has 1 heterocycles. The van der Waals surface area contributed by atoms with E-state index in [4.69, 9.17) is 4.99 Å². The van der Waals surface area contributed by atoms with Crippen LogP contribution in [0.4, 0.5) is 0 Å². The van der Waals surface area contributed by atoms with Crippen molar-refractivity contribution < 1.29 is 4.79 Å². The van der Waals surface area contributed by atoms with E-state index in [-0.39, 0.29) is 11.3 Å². The predicted octanol–water partition coefficient (Wildman–Crippen LogP) is 6.68. The molecule has 4 saturated carbocycles. The first-order valence-corrected chi connectivity index (χ1v) is 13.2. The van der Waals surface area contributed by atoms with E-state index in [9.17, 15) is 4.79 Å². The van der Waals surface area contributed by atoms with Crippen molar-refractivity contribution in [2.24, 2.45) is 35.2 Å². The highest BCUT2D eigenvalue weighted by molar-refractivity contribution is 7.13. The van der Waals surface area contributed by atoms with Crippen LogP contribution >= 0.6 is 11.3 Å². The molecule has 4 bridgehead atoms. The van der Waals surface area contributed by atoms with Crippen LogP contribution in [0.2, 0.25) is 0 Å².